The maximum absolute atomic E-state index is 12.9. The average Bonchev–Trinajstić information content (AvgIpc) is 2.90. The van der Waals surface area contributed by atoms with Gasteiger partial charge >= 0.3 is 23.9 Å². The SMILES string of the molecule is CC(C(=O)NCC(=O)Oc1ccc([N+](=O)[O-])cc1)N1CCN(CC(=O)O)CCN(CC(=O)O)CCN(CC(=O)O)CC1.[Gd]. The van der Waals surface area contributed by atoms with Crippen molar-refractivity contribution < 1.29 is 88.9 Å². The molecule has 240 valence electrons. The molecule has 0 bridgehead atoms. The summed E-state index contributed by atoms with van der Waals surface area (Å²) in [7, 11) is 0. The summed E-state index contributed by atoms with van der Waals surface area (Å²) in [5.41, 5.74) is -0.176. The summed E-state index contributed by atoms with van der Waals surface area (Å²) in [6.07, 6.45) is 0. The van der Waals surface area contributed by atoms with Gasteiger partial charge in [0.15, 0.2) is 0 Å². The molecule has 18 heteroatoms. The first-order valence-electron chi connectivity index (χ1n) is 13.1. The third-order valence-corrected chi connectivity index (χ3v) is 6.56. The number of nitro benzene ring substituents is 1. The summed E-state index contributed by atoms with van der Waals surface area (Å²) < 4.78 is 5.10. The van der Waals surface area contributed by atoms with Crippen LogP contribution in [0.25, 0.3) is 0 Å². The monoisotopic (exact) mass is 754 g/mol. The van der Waals surface area contributed by atoms with Gasteiger partial charge in [-0.1, -0.05) is 0 Å². The molecule has 17 nitrogen and oxygen atoms in total. The van der Waals surface area contributed by atoms with Gasteiger partial charge in [-0.3, -0.25) is 48.9 Å². The molecule has 43 heavy (non-hydrogen) atoms. The fourth-order valence-electron chi connectivity index (χ4n) is 4.26. The Hall–Kier alpha value is -2.87. The minimum absolute atomic E-state index is 0. The minimum Gasteiger partial charge on any atom is -0.480 e. The van der Waals surface area contributed by atoms with Crippen molar-refractivity contribution in [1.82, 2.24) is 24.9 Å². The number of esters is 1. The summed E-state index contributed by atoms with van der Waals surface area (Å²) in [5, 5.41) is 41.2. The van der Waals surface area contributed by atoms with Crippen LogP contribution in [0.4, 0.5) is 5.69 Å². The van der Waals surface area contributed by atoms with Gasteiger partial charge in [0.05, 0.1) is 30.6 Å². The number of carboxylic acid groups (broad SMARTS) is 3. The molecule has 0 saturated carbocycles. The normalized spacial score (nSPS) is 16.9. The van der Waals surface area contributed by atoms with Gasteiger partial charge in [0.25, 0.3) is 5.69 Å². The first-order valence-corrected chi connectivity index (χ1v) is 13.1. The molecular formula is C25H36GdN6O11. The Morgan fingerprint density at radius 2 is 1.21 bits per heavy atom. The van der Waals surface area contributed by atoms with Gasteiger partial charge in [0.2, 0.25) is 5.91 Å². The molecule has 1 aromatic carbocycles. The second-order valence-electron chi connectivity index (χ2n) is 9.66. The van der Waals surface area contributed by atoms with Gasteiger partial charge in [-0.15, -0.1) is 0 Å². The van der Waals surface area contributed by atoms with Crippen LogP contribution < -0.4 is 10.1 Å². The molecule has 1 saturated heterocycles. The van der Waals surface area contributed by atoms with Gasteiger partial charge in [0.1, 0.15) is 12.3 Å². The number of aliphatic carboxylic acids is 3. The van der Waals surface area contributed by atoms with Crippen LogP contribution in [0.2, 0.25) is 0 Å². The molecule has 1 fully saturated rings. The summed E-state index contributed by atoms with van der Waals surface area (Å²) in [6, 6.07) is 4.06. The third-order valence-electron chi connectivity index (χ3n) is 6.56. The number of benzene rings is 1. The van der Waals surface area contributed by atoms with E-state index in [0.29, 0.717) is 0 Å². The van der Waals surface area contributed by atoms with E-state index in [2.05, 4.69) is 5.32 Å². The Bertz CT molecular complexity index is 1090. The van der Waals surface area contributed by atoms with E-state index in [1.54, 1.807) is 26.5 Å². The predicted molar refractivity (Wildman–Crippen MR) is 145 cm³/mol. The average molecular weight is 754 g/mol. The fraction of sp³-hybridized carbons (Fsp3) is 0.560. The van der Waals surface area contributed by atoms with Crippen LogP contribution in [0.5, 0.6) is 5.75 Å². The van der Waals surface area contributed by atoms with Crippen LogP contribution in [0.1, 0.15) is 6.92 Å². The molecule has 1 aliphatic rings. The number of nitro groups is 1. The maximum atomic E-state index is 12.9. The van der Waals surface area contributed by atoms with Gasteiger partial charge in [-0.2, -0.15) is 0 Å². The Balaban J connectivity index is 0.00000924. The zero-order valence-corrected chi connectivity index (χ0v) is 25.8. The van der Waals surface area contributed by atoms with Crippen molar-refractivity contribution in [3.05, 3.63) is 34.4 Å². The standard InChI is InChI=1S/C25H36N6O11.Gd/c1-18(25(39)26-14-24(38)42-20-4-2-19(3-5-20)31(40)41)30-12-10-28(16-22(34)35)8-6-27(15-21(32)33)7-9-29(11-13-30)17-23(36)37;/h2-5,18H,6-17H2,1H3,(H,26,39)(H,32,33)(H,34,35)(H,36,37);. The van der Waals surface area contributed by atoms with Crippen molar-refractivity contribution in [3.8, 4) is 5.75 Å². The molecule has 0 radical (unpaired) electrons. The summed E-state index contributed by atoms with van der Waals surface area (Å²) >= 11 is 0. The van der Waals surface area contributed by atoms with Crippen LogP contribution in [0.15, 0.2) is 24.3 Å². The Morgan fingerprint density at radius 1 is 0.814 bits per heavy atom. The number of hydrogen-bond acceptors (Lipinski definition) is 12. The number of nitrogens with zero attached hydrogens (tertiary/aromatic N) is 5. The first kappa shape index (κ1) is 38.2. The first-order chi connectivity index (χ1) is 19.8. The molecule has 1 aliphatic heterocycles. The smallest absolute Gasteiger partial charge is 0.330 e. The number of non-ortho nitro benzene ring substituents is 1. The van der Waals surface area contributed by atoms with Crippen LogP contribution >= 0.6 is 0 Å². The molecule has 2 rings (SSSR count). The zero-order valence-electron chi connectivity index (χ0n) is 23.6. The number of hydrogen-bond donors (Lipinski definition) is 4. The van der Waals surface area contributed by atoms with Crippen molar-refractivity contribution in [1.29, 1.82) is 0 Å². The Morgan fingerprint density at radius 3 is 1.58 bits per heavy atom. The van der Waals surface area contributed by atoms with E-state index in [1.165, 1.54) is 24.3 Å². The van der Waals surface area contributed by atoms with E-state index < -0.39 is 47.3 Å². The number of carboxylic acids is 3. The van der Waals surface area contributed by atoms with Crippen molar-refractivity contribution >= 4 is 35.5 Å². The van der Waals surface area contributed by atoms with Gasteiger partial charge < -0.3 is 25.4 Å². The number of rotatable bonds is 12. The molecule has 1 aromatic rings. The zero-order chi connectivity index (χ0) is 31.2. The molecule has 1 amide bonds. The topological polar surface area (TPSA) is 223 Å². The summed E-state index contributed by atoms with van der Waals surface area (Å²) in [4.78, 5) is 76.1. The maximum Gasteiger partial charge on any atom is 0.330 e. The number of ether oxygens (including phenoxy) is 1. The van der Waals surface area contributed by atoms with Gasteiger partial charge in [0, 0.05) is 104 Å². The molecule has 0 aliphatic carbocycles. The summed E-state index contributed by atoms with van der Waals surface area (Å²) in [5.74, 6) is -4.45. The third kappa shape index (κ3) is 14.9. The van der Waals surface area contributed by atoms with Crippen molar-refractivity contribution in [3.63, 3.8) is 0 Å². The van der Waals surface area contributed by atoms with Crippen molar-refractivity contribution in [2.24, 2.45) is 0 Å². The van der Waals surface area contributed by atoms with E-state index in [1.807, 2.05) is 0 Å². The van der Waals surface area contributed by atoms with Crippen molar-refractivity contribution in [2.45, 2.75) is 13.0 Å². The molecule has 0 spiro atoms. The van der Waals surface area contributed by atoms with E-state index >= 15 is 0 Å². The van der Waals surface area contributed by atoms with E-state index in [0.717, 1.165) is 0 Å². The van der Waals surface area contributed by atoms with E-state index in [-0.39, 0.29) is 123 Å². The molecule has 1 atom stereocenters. The number of nitrogens with one attached hydrogen (secondary N) is 1. The Labute approximate surface area is 279 Å². The summed E-state index contributed by atoms with van der Waals surface area (Å²) in [6.45, 7) is 2.12. The van der Waals surface area contributed by atoms with Crippen LogP contribution in [-0.2, 0) is 24.0 Å². The predicted octanol–water partition coefficient (Wildman–Crippen LogP) is -1.52. The van der Waals surface area contributed by atoms with E-state index in [9.17, 15) is 49.4 Å². The Kier molecular flexibility index (Phi) is 17.2. The number of carbonyl (C=O) groups excluding carboxylic acids is 2. The minimum atomic E-state index is -1.07. The second-order valence-corrected chi connectivity index (χ2v) is 9.66. The number of carbonyl (C=O) groups is 5. The van der Waals surface area contributed by atoms with Crippen LogP contribution in [0, 0.1) is 50.1 Å². The number of amides is 1. The molecule has 0 aromatic heterocycles. The molecule has 1 unspecified atom stereocenters. The fourth-order valence-corrected chi connectivity index (χ4v) is 4.26. The van der Waals surface area contributed by atoms with E-state index in [4.69, 9.17) is 4.74 Å². The molecule has 4 N–H and O–H groups in total. The quantitative estimate of drug-likeness (QED) is 0.0824. The largest absolute Gasteiger partial charge is 0.480 e. The van der Waals surface area contributed by atoms with Crippen molar-refractivity contribution in [2.75, 3.05) is 78.5 Å². The second kappa shape index (κ2) is 19.4. The van der Waals surface area contributed by atoms with Crippen LogP contribution in [0.3, 0.4) is 0 Å². The molecular weight excluding hydrogens is 718 g/mol. The molecule has 1 heterocycles. The van der Waals surface area contributed by atoms with Gasteiger partial charge in [-0.25, -0.2) is 4.79 Å². The van der Waals surface area contributed by atoms with Crippen LogP contribution in [-0.4, -0.2) is 154 Å². The van der Waals surface area contributed by atoms with Gasteiger partial charge in [-0.05, 0) is 19.1 Å².